The summed E-state index contributed by atoms with van der Waals surface area (Å²) in [7, 11) is 0. The lowest BCUT2D eigenvalue weighted by atomic mass is 10.1. The summed E-state index contributed by atoms with van der Waals surface area (Å²) in [6, 6.07) is 4.17. The van der Waals surface area contributed by atoms with E-state index < -0.39 is 5.82 Å². The van der Waals surface area contributed by atoms with Crippen molar-refractivity contribution in [2.75, 3.05) is 8.27 Å². The number of benzene rings is 1. The van der Waals surface area contributed by atoms with Crippen molar-refractivity contribution in [1.29, 1.82) is 0 Å². The third kappa shape index (κ3) is 6.43. The van der Waals surface area contributed by atoms with Gasteiger partial charge in [-0.3, -0.25) is 7.31 Å². The molecule has 0 aliphatic carbocycles. The molecular weight excluding hydrogens is 404 g/mol. The Morgan fingerprint density at radius 1 is 1.38 bits per heavy atom. The smallest absolute Gasteiger partial charge is 0.150 e. The Kier molecular flexibility index (Phi) is 8.29. The lowest BCUT2D eigenvalue weighted by molar-refractivity contribution is -0.109. The Labute approximate surface area is 141 Å². The lowest BCUT2D eigenvalue weighted by Crippen LogP contribution is -2.00. The van der Waals surface area contributed by atoms with Crippen LogP contribution < -0.4 is 2.52 Å². The van der Waals surface area contributed by atoms with E-state index in [4.69, 9.17) is 0 Å². The van der Waals surface area contributed by atoms with E-state index in [2.05, 4.69) is 6.58 Å². The molecule has 0 radical (unpaired) electrons. The molecule has 21 heavy (non-hydrogen) atoms. The minimum Gasteiger partial charge on any atom is -0.303 e. The quantitative estimate of drug-likeness (QED) is 0.196. The molecule has 0 heterocycles. The summed E-state index contributed by atoms with van der Waals surface area (Å²) in [6.45, 7) is 3.60. The van der Waals surface area contributed by atoms with Gasteiger partial charge in [0.25, 0.3) is 0 Å². The largest absolute Gasteiger partial charge is 0.303 e. The van der Waals surface area contributed by atoms with Crippen LogP contribution in [0.3, 0.4) is 0 Å². The number of hydrogen-bond donors (Lipinski definition) is 0. The van der Waals surface area contributed by atoms with Gasteiger partial charge in [0.05, 0.1) is 28.6 Å². The number of hydrogen-bond acceptors (Lipinski definition) is 4. The van der Waals surface area contributed by atoms with E-state index in [9.17, 15) is 14.0 Å². The molecule has 1 aromatic carbocycles. The first-order valence-electron chi connectivity index (χ1n) is 6.18. The molecule has 1 atom stereocenters. The van der Waals surface area contributed by atoms with E-state index in [1.165, 1.54) is 24.1 Å². The second kappa shape index (κ2) is 9.73. The van der Waals surface area contributed by atoms with Crippen LogP contribution in [0.2, 0.25) is 0 Å². The van der Waals surface area contributed by atoms with Crippen molar-refractivity contribution < 1.29 is 14.0 Å². The molecule has 0 aliphatic rings. The molecule has 1 rings (SSSR count). The highest BCUT2D eigenvalue weighted by Crippen LogP contribution is 2.28. The van der Waals surface area contributed by atoms with Crippen molar-refractivity contribution in [3.63, 3.8) is 0 Å². The van der Waals surface area contributed by atoms with Crippen molar-refractivity contribution in [2.45, 2.75) is 6.42 Å². The van der Waals surface area contributed by atoms with E-state index in [-0.39, 0.29) is 5.92 Å². The number of anilines is 1. The maximum absolute atomic E-state index is 13.3. The molecule has 3 nitrogen and oxygen atoms in total. The van der Waals surface area contributed by atoms with Crippen molar-refractivity contribution >= 4 is 53.1 Å². The van der Waals surface area contributed by atoms with Crippen LogP contribution in [0.5, 0.6) is 0 Å². The zero-order valence-corrected chi connectivity index (χ0v) is 14.2. The van der Waals surface area contributed by atoms with Crippen molar-refractivity contribution in [1.82, 2.24) is 0 Å². The molecule has 0 spiro atoms. The predicted octanol–water partition coefficient (Wildman–Crippen LogP) is 4.39. The highest BCUT2D eigenvalue weighted by Gasteiger charge is 2.07. The van der Waals surface area contributed by atoms with Gasteiger partial charge in [-0.05, 0) is 36.6 Å². The van der Waals surface area contributed by atoms with Gasteiger partial charge in [-0.15, -0.1) is 6.58 Å². The molecule has 0 bridgehead atoms. The van der Waals surface area contributed by atoms with E-state index in [0.717, 1.165) is 6.29 Å². The van der Waals surface area contributed by atoms with Gasteiger partial charge >= 0.3 is 0 Å². The number of halogens is 2. The van der Waals surface area contributed by atoms with E-state index >= 15 is 0 Å². The first kappa shape index (κ1) is 17.9. The molecule has 0 amide bonds. The molecule has 1 aromatic rings. The SMILES string of the molecule is C=CCC(C=O)/C=C/CSN(I)c1cc(F)cc(C=O)c1. The molecule has 0 N–H and O–H groups in total. The summed E-state index contributed by atoms with van der Waals surface area (Å²) < 4.78 is 15.1. The second-order valence-electron chi connectivity index (χ2n) is 4.15. The van der Waals surface area contributed by atoms with Crippen molar-refractivity contribution in [3.8, 4) is 0 Å². The van der Waals surface area contributed by atoms with Crippen LogP contribution in [-0.4, -0.2) is 18.3 Å². The Hall–Kier alpha value is -1.15. The number of rotatable bonds is 9. The molecule has 0 aromatic heterocycles. The van der Waals surface area contributed by atoms with Crippen molar-refractivity contribution in [2.24, 2.45) is 5.92 Å². The van der Waals surface area contributed by atoms with Crippen LogP contribution in [0.4, 0.5) is 10.1 Å². The third-order valence-corrected chi connectivity index (χ3v) is 4.70. The summed E-state index contributed by atoms with van der Waals surface area (Å²) in [6.07, 6.45) is 7.53. The van der Waals surface area contributed by atoms with Gasteiger partial charge in [0.2, 0.25) is 0 Å². The van der Waals surface area contributed by atoms with E-state index in [1.54, 1.807) is 14.7 Å². The second-order valence-corrected chi connectivity index (χ2v) is 6.73. The Bertz CT molecular complexity index is 536. The van der Waals surface area contributed by atoms with Crippen LogP contribution in [0.1, 0.15) is 16.8 Å². The van der Waals surface area contributed by atoms with Crippen LogP contribution >= 0.6 is 34.8 Å². The van der Waals surface area contributed by atoms with Gasteiger partial charge in [-0.25, -0.2) is 4.39 Å². The minimum absolute atomic E-state index is 0.151. The topological polar surface area (TPSA) is 37.4 Å². The monoisotopic (exact) mass is 419 g/mol. The van der Waals surface area contributed by atoms with Gasteiger partial charge in [0.15, 0.2) is 0 Å². The van der Waals surface area contributed by atoms with Crippen molar-refractivity contribution in [3.05, 3.63) is 54.4 Å². The summed E-state index contributed by atoms with van der Waals surface area (Å²) in [5.41, 5.74) is 0.906. The summed E-state index contributed by atoms with van der Waals surface area (Å²) in [4.78, 5) is 21.5. The average Bonchev–Trinajstić information content (AvgIpc) is 2.49. The fraction of sp³-hybridized carbons (Fsp3) is 0.200. The molecule has 6 heteroatoms. The maximum Gasteiger partial charge on any atom is 0.150 e. The zero-order valence-electron chi connectivity index (χ0n) is 11.2. The standard InChI is InChI=1S/C15H15FINO2S/c1-2-4-12(10-19)5-3-6-21-18(17)15-8-13(11-20)7-14(16)9-15/h2-3,5,7-12H,1,4,6H2/b5-3+. The third-order valence-electron chi connectivity index (χ3n) is 2.52. The summed E-state index contributed by atoms with van der Waals surface area (Å²) >= 11 is 3.47. The number of aldehydes is 2. The molecular formula is C15H15FINO2S. The normalized spacial score (nSPS) is 12.1. The number of nitrogens with zero attached hydrogens (tertiary/aromatic N) is 1. The summed E-state index contributed by atoms with van der Waals surface area (Å²) in [5.74, 6) is 0.0400. The van der Waals surface area contributed by atoms with Gasteiger partial charge in [-0.2, -0.15) is 0 Å². The Morgan fingerprint density at radius 2 is 2.14 bits per heavy atom. The van der Waals surface area contributed by atoms with Gasteiger partial charge in [-0.1, -0.05) is 18.2 Å². The minimum atomic E-state index is -0.445. The molecule has 0 fully saturated rings. The van der Waals surface area contributed by atoms with Crippen LogP contribution in [0.25, 0.3) is 0 Å². The highest BCUT2D eigenvalue weighted by atomic mass is 127. The first-order chi connectivity index (χ1) is 10.1. The van der Waals surface area contributed by atoms with Gasteiger partial charge in [0, 0.05) is 17.2 Å². The number of carbonyl (C=O) groups is 2. The molecule has 0 saturated carbocycles. The maximum atomic E-state index is 13.3. The fourth-order valence-electron chi connectivity index (χ4n) is 1.55. The Balaban J connectivity index is 2.57. The lowest BCUT2D eigenvalue weighted by Gasteiger charge is -2.14. The number of allylic oxidation sites excluding steroid dienone is 2. The molecule has 0 saturated heterocycles. The van der Waals surface area contributed by atoms with Gasteiger partial charge in [0.1, 0.15) is 18.4 Å². The van der Waals surface area contributed by atoms with E-state index in [0.29, 0.717) is 29.7 Å². The van der Waals surface area contributed by atoms with Gasteiger partial charge < -0.3 is 4.79 Å². The van der Waals surface area contributed by atoms with E-state index in [1.807, 2.05) is 35.0 Å². The highest BCUT2D eigenvalue weighted by molar-refractivity contribution is 14.1. The summed E-state index contributed by atoms with van der Waals surface area (Å²) in [5, 5.41) is 0. The molecule has 112 valence electrons. The predicted molar refractivity (Wildman–Crippen MR) is 94.3 cm³/mol. The molecule has 0 aliphatic heterocycles. The van der Waals surface area contributed by atoms with Crippen LogP contribution in [0, 0.1) is 11.7 Å². The first-order valence-corrected chi connectivity index (χ1v) is 8.09. The zero-order chi connectivity index (χ0) is 15.7. The Morgan fingerprint density at radius 3 is 2.76 bits per heavy atom. The number of carbonyl (C=O) groups excluding carboxylic acids is 2. The average molecular weight is 419 g/mol. The molecule has 1 unspecified atom stereocenters. The fourth-order valence-corrected chi connectivity index (χ4v) is 2.89. The van der Waals surface area contributed by atoms with Crippen LogP contribution in [-0.2, 0) is 4.79 Å². The van der Waals surface area contributed by atoms with Crippen LogP contribution in [0.15, 0.2) is 43.0 Å².